The molecule has 0 aromatic heterocycles. The van der Waals surface area contributed by atoms with E-state index in [9.17, 15) is 0 Å². The number of fused-ring (bicyclic) bond motifs is 14. The van der Waals surface area contributed by atoms with Gasteiger partial charge in [-0.15, -0.1) is 0 Å². The second kappa shape index (κ2) is 6.56. The molecule has 0 heteroatoms. The van der Waals surface area contributed by atoms with Crippen molar-refractivity contribution < 1.29 is 0 Å². The maximum absolute atomic E-state index is 2.33. The topological polar surface area (TPSA) is 0 Å². The summed E-state index contributed by atoms with van der Waals surface area (Å²) < 4.78 is 0. The number of hydrogen-bond donors (Lipinski definition) is 0. The molecule has 8 rings (SSSR count). The monoisotopic (exact) mass is 428 g/mol. The molecule has 0 saturated carbocycles. The first-order valence-corrected chi connectivity index (χ1v) is 11.9. The number of rotatable bonds is 0. The molecule has 8 aromatic carbocycles. The normalized spacial score (nSPS) is 12.1. The van der Waals surface area contributed by atoms with Crippen LogP contribution in [0, 0.1) is 0 Å². The lowest BCUT2D eigenvalue weighted by molar-refractivity contribution is 1.78. The summed E-state index contributed by atoms with van der Waals surface area (Å²) >= 11 is 0. The van der Waals surface area contributed by atoms with Gasteiger partial charge in [-0.25, -0.2) is 0 Å². The Labute approximate surface area is 196 Å². The second-order valence-corrected chi connectivity index (χ2v) is 9.29. The third kappa shape index (κ3) is 2.27. The van der Waals surface area contributed by atoms with E-state index in [-0.39, 0.29) is 0 Å². The minimum atomic E-state index is 1.29. The molecule has 0 bridgehead atoms. The SMILES string of the molecule is c1ccc2c(c1)ccc1c2ccc2ccc3c4ccccc4c4ccc5ccccc5c4c3c21. The molecule has 0 fully saturated rings. The lowest BCUT2D eigenvalue weighted by atomic mass is 9.86. The van der Waals surface area contributed by atoms with E-state index in [0.717, 1.165) is 0 Å². The minimum Gasteiger partial charge on any atom is -0.0616 e. The molecule has 0 aliphatic carbocycles. The van der Waals surface area contributed by atoms with E-state index in [2.05, 4.69) is 121 Å². The summed E-state index contributed by atoms with van der Waals surface area (Å²) in [5, 5.41) is 18.5. The molecule has 0 amide bonds. The zero-order valence-corrected chi connectivity index (χ0v) is 18.5. The average molecular weight is 429 g/mol. The van der Waals surface area contributed by atoms with Crippen LogP contribution >= 0.6 is 0 Å². The summed E-state index contributed by atoms with van der Waals surface area (Å²) in [7, 11) is 0. The molecule has 0 unspecified atom stereocenters. The van der Waals surface area contributed by atoms with E-state index in [1.807, 2.05) is 0 Å². The van der Waals surface area contributed by atoms with E-state index in [4.69, 9.17) is 0 Å². The van der Waals surface area contributed by atoms with Gasteiger partial charge in [-0.3, -0.25) is 0 Å². The molecule has 156 valence electrons. The first-order chi connectivity index (χ1) is 16.9. The van der Waals surface area contributed by atoms with E-state index in [1.165, 1.54) is 75.4 Å². The molecule has 34 heavy (non-hydrogen) atoms. The average Bonchev–Trinajstić information content (AvgIpc) is 2.92. The van der Waals surface area contributed by atoms with E-state index in [1.54, 1.807) is 0 Å². The maximum atomic E-state index is 2.33. The highest BCUT2D eigenvalue weighted by molar-refractivity contribution is 6.39. The van der Waals surface area contributed by atoms with Gasteiger partial charge in [0.05, 0.1) is 0 Å². The van der Waals surface area contributed by atoms with Crippen molar-refractivity contribution in [3.63, 3.8) is 0 Å². The summed E-state index contributed by atoms with van der Waals surface area (Å²) in [6.45, 7) is 0. The number of hydrogen-bond acceptors (Lipinski definition) is 0. The van der Waals surface area contributed by atoms with Crippen LogP contribution < -0.4 is 0 Å². The van der Waals surface area contributed by atoms with Crippen molar-refractivity contribution in [3.8, 4) is 0 Å². The predicted molar refractivity (Wildman–Crippen MR) is 149 cm³/mol. The summed E-state index contributed by atoms with van der Waals surface area (Å²) in [4.78, 5) is 0. The fraction of sp³-hybridized carbons (Fsp3) is 0. The Bertz CT molecular complexity index is 2110. The van der Waals surface area contributed by atoms with Gasteiger partial charge < -0.3 is 0 Å². The highest BCUT2D eigenvalue weighted by Gasteiger charge is 2.15. The van der Waals surface area contributed by atoms with Crippen molar-refractivity contribution >= 4 is 75.4 Å². The summed E-state index contributed by atoms with van der Waals surface area (Å²) in [6.07, 6.45) is 0. The third-order valence-corrected chi connectivity index (χ3v) is 7.59. The molecular formula is C34H20. The Hall–Kier alpha value is -4.42. The Morgan fingerprint density at radius 2 is 0.618 bits per heavy atom. The van der Waals surface area contributed by atoms with Gasteiger partial charge in [-0.1, -0.05) is 121 Å². The van der Waals surface area contributed by atoms with Gasteiger partial charge >= 0.3 is 0 Å². The van der Waals surface area contributed by atoms with Crippen molar-refractivity contribution in [2.45, 2.75) is 0 Å². The lowest BCUT2D eigenvalue weighted by Crippen LogP contribution is -1.88. The Morgan fingerprint density at radius 1 is 0.206 bits per heavy atom. The molecule has 0 saturated heterocycles. The van der Waals surface area contributed by atoms with Gasteiger partial charge in [0, 0.05) is 0 Å². The lowest BCUT2D eigenvalue weighted by Gasteiger charge is -2.16. The van der Waals surface area contributed by atoms with Crippen molar-refractivity contribution in [1.82, 2.24) is 0 Å². The highest BCUT2D eigenvalue weighted by Crippen LogP contribution is 2.44. The summed E-state index contributed by atoms with van der Waals surface area (Å²) in [6, 6.07) is 44.8. The van der Waals surface area contributed by atoms with Gasteiger partial charge in [0.15, 0.2) is 0 Å². The van der Waals surface area contributed by atoms with Gasteiger partial charge in [0.2, 0.25) is 0 Å². The molecular weight excluding hydrogens is 408 g/mol. The minimum absolute atomic E-state index is 1.29. The zero-order valence-electron chi connectivity index (χ0n) is 18.5. The zero-order chi connectivity index (χ0) is 22.2. The van der Waals surface area contributed by atoms with Crippen molar-refractivity contribution in [3.05, 3.63) is 121 Å². The largest absolute Gasteiger partial charge is 0.0616 e. The Kier molecular flexibility index (Phi) is 3.48. The van der Waals surface area contributed by atoms with Crippen LogP contribution in [-0.4, -0.2) is 0 Å². The van der Waals surface area contributed by atoms with Gasteiger partial charge in [0.1, 0.15) is 0 Å². The van der Waals surface area contributed by atoms with Crippen LogP contribution in [0.25, 0.3) is 75.4 Å². The molecule has 0 heterocycles. The molecule has 0 radical (unpaired) electrons. The first-order valence-electron chi connectivity index (χ1n) is 11.9. The van der Waals surface area contributed by atoms with Gasteiger partial charge in [-0.05, 0) is 75.4 Å². The first kappa shape index (κ1) is 18.1. The number of benzene rings is 8. The molecule has 0 spiro atoms. The van der Waals surface area contributed by atoms with Crippen LogP contribution in [0.5, 0.6) is 0 Å². The predicted octanol–water partition coefficient (Wildman–Crippen LogP) is 9.76. The van der Waals surface area contributed by atoms with Crippen LogP contribution in [0.1, 0.15) is 0 Å². The molecule has 0 aliphatic rings. The van der Waals surface area contributed by atoms with Crippen LogP contribution in [0.3, 0.4) is 0 Å². The van der Waals surface area contributed by atoms with E-state index < -0.39 is 0 Å². The van der Waals surface area contributed by atoms with Crippen molar-refractivity contribution in [2.75, 3.05) is 0 Å². The molecule has 0 N–H and O–H groups in total. The van der Waals surface area contributed by atoms with Crippen LogP contribution in [0.15, 0.2) is 121 Å². The standard InChI is InChI=1S/C34H20/c1-3-9-24-21(7-1)13-18-29-28(24)17-15-23-16-20-31-27-12-6-5-11-26(27)30-19-14-22-8-2-4-10-25(22)33(30)34(31)32(23)29/h1-20H. The van der Waals surface area contributed by atoms with Crippen LogP contribution in [0.4, 0.5) is 0 Å². The summed E-state index contributed by atoms with van der Waals surface area (Å²) in [5.74, 6) is 0. The summed E-state index contributed by atoms with van der Waals surface area (Å²) in [5.41, 5.74) is 0. The Morgan fingerprint density at radius 3 is 1.29 bits per heavy atom. The Balaban J connectivity index is 1.77. The smallest absolute Gasteiger partial charge is 0.000786 e. The molecule has 0 aliphatic heterocycles. The molecule has 0 atom stereocenters. The van der Waals surface area contributed by atoms with Crippen molar-refractivity contribution in [2.24, 2.45) is 0 Å². The fourth-order valence-corrected chi connectivity index (χ4v) is 6.12. The van der Waals surface area contributed by atoms with Gasteiger partial charge in [0.25, 0.3) is 0 Å². The van der Waals surface area contributed by atoms with Crippen LogP contribution in [-0.2, 0) is 0 Å². The van der Waals surface area contributed by atoms with Crippen molar-refractivity contribution in [1.29, 1.82) is 0 Å². The quantitative estimate of drug-likeness (QED) is 0.211. The maximum Gasteiger partial charge on any atom is -0.000786 e. The van der Waals surface area contributed by atoms with Gasteiger partial charge in [-0.2, -0.15) is 0 Å². The fourth-order valence-electron chi connectivity index (χ4n) is 6.12. The molecule has 8 aromatic rings. The highest BCUT2D eigenvalue weighted by atomic mass is 14.2. The molecule has 0 nitrogen and oxygen atoms in total. The van der Waals surface area contributed by atoms with E-state index >= 15 is 0 Å². The van der Waals surface area contributed by atoms with E-state index in [0.29, 0.717) is 0 Å². The second-order valence-electron chi connectivity index (χ2n) is 9.29. The third-order valence-electron chi connectivity index (χ3n) is 7.59. The van der Waals surface area contributed by atoms with Crippen LogP contribution in [0.2, 0.25) is 0 Å².